The maximum atomic E-state index is 13.5. The molecule has 3 aliphatic carbocycles. The zero-order chi connectivity index (χ0) is 22.7. The number of sulfone groups is 1. The van der Waals surface area contributed by atoms with Crippen molar-refractivity contribution in [1.82, 2.24) is 0 Å². The SMILES string of the molecule is Cc1cc(F)c(F)cc1NC(=O)c1ccc(Cl)c(S(=O)(=O)C2CC3CC(C2)C3(C)O)c1. The van der Waals surface area contributed by atoms with Crippen molar-refractivity contribution in [1.29, 1.82) is 0 Å². The highest BCUT2D eigenvalue weighted by molar-refractivity contribution is 7.92. The highest BCUT2D eigenvalue weighted by Crippen LogP contribution is 2.55. The summed E-state index contributed by atoms with van der Waals surface area (Å²) in [5.41, 5.74) is -0.402. The molecule has 0 radical (unpaired) electrons. The summed E-state index contributed by atoms with van der Waals surface area (Å²) >= 11 is 6.18. The average molecular weight is 470 g/mol. The Bertz CT molecular complexity index is 1170. The minimum absolute atomic E-state index is 0.00608. The van der Waals surface area contributed by atoms with E-state index in [9.17, 15) is 27.1 Å². The Kier molecular flexibility index (Phi) is 5.39. The van der Waals surface area contributed by atoms with Crippen molar-refractivity contribution in [3.05, 3.63) is 58.1 Å². The van der Waals surface area contributed by atoms with Crippen LogP contribution >= 0.6 is 11.6 Å². The number of hydrogen-bond acceptors (Lipinski definition) is 4. The third-order valence-electron chi connectivity index (χ3n) is 6.77. The molecule has 0 heterocycles. The second-order valence-electron chi connectivity index (χ2n) is 8.67. The van der Waals surface area contributed by atoms with Crippen LogP contribution in [0, 0.1) is 30.4 Å². The van der Waals surface area contributed by atoms with Crippen LogP contribution < -0.4 is 5.32 Å². The summed E-state index contributed by atoms with van der Waals surface area (Å²) in [5, 5.41) is 12.2. The zero-order valence-corrected chi connectivity index (χ0v) is 18.5. The number of halogens is 3. The molecule has 0 saturated heterocycles. The first kappa shape index (κ1) is 22.2. The second-order valence-corrected chi connectivity index (χ2v) is 11.3. The maximum Gasteiger partial charge on any atom is 0.255 e. The lowest BCUT2D eigenvalue weighted by molar-refractivity contribution is -0.162. The molecule has 3 saturated carbocycles. The third-order valence-corrected chi connectivity index (χ3v) is 9.43. The number of carbonyl (C=O) groups excluding carboxylic acids is 1. The summed E-state index contributed by atoms with van der Waals surface area (Å²) in [6, 6.07) is 5.75. The van der Waals surface area contributed by atoms with Crippen molar-refractivity contribution in [3.8, 4) is 0 Å². The van der Waals surface area contributed by atoms with Gasteiger partial charge in [-0.15, -0.1) is 0 Å². The van der Waals surface area contributed by atoms with Gasteiger partial charge in [-0.1, -0.05) is 11.6 Å². The molecule has 0 spiro atoms. The number of aliphatic hydroxyl groups is 1. The van der Waals surface area contributed by atoms with Gasteiger partial charge >= 0.3 is 0 Å². The molecule has 31 heavy (non-hydrogen) atoms. The summed E-state index contributed by atoms with van der Waals surface area (Å²) < 4.78 is 53.4. The molecule has 2 bridgehead atoms. The van der Waals surface area contributed by atoms with Gasteiger partial charge in [0.2, 0.25) is 0 Å². The van der Waals surface area contributed by atoms with Gasteiger partial charge in [-0.2, -0.15) is 0 Å². The Labute approximate surface area is 184 Å². The van der Waals surface area contributed by atoms with Crippen molar-refractivity contribution in [2.45, 2.75) is 48.9 Å². The van der Waals surface area contributed by atoms with E-state index in [1.807, 2.05) is 0 Å². The molecule has 2 unspecified atom stereocenters. The molecule has 0 aromatic heterocycles. The van der Waals surface area contributed by atoms with Gasteiger partial charge in [0, 0.05) is 17.3 Å². The van der Waals surface area contributed by atoms with E-state index in [-0.39, 0.29) is 33.0 Å². The molecule has 5 nitrogen and oxygen atoms in total. The molecule has 1 amide bonds. The first-order valence-corrected chi connectivity index (χ1v) is 11.9. The fourth-order valence-electron chi connectivity index (χ4n) is 4.67. The topological polar surface area (TPSA) is 83.5 Å². The lowest BCUT2D eigenvalue weighted by Gasteiger charge is -2.56. The maximum absolute atomic E-state index is 13.5. The highest BCUT2D eigenvalue weighted by Gasteiger charge is 2.57. The van der Waals surface area contributed by atoms with E-state index >= 15 is 0 Å². The monoisotopic (exact) mass is 469 g/mol. The second kappa shape index (κ2) is 7.53. The Morgan fingerprint density at radius 3 is 2.35 bits per heavy atom. The quantitative estimate of drug-likeness (QED) is 0.690. The number of benzene rings is 2. The standard InChI is InChI=1S/C22H22ClF2NO4S/c1-11-5-17(24)18(25)10-19(11)26-21(27)12-3-4-16(23)20(6-12)31(29,30)15-8-13-7-14(9-15)22(13,2)28/h3-6,10,13-15,28H,7-9H2,1-2H3,(H,26,27). The number of anilines is 1. The molecule has 9 heteroatoms. The molecule has 3 aliphatic rings. The Balaban J connectivity index is 1.60. The molecule has 5 rings (SSSR count). The molecular formula is C22H22ClF2NO4S. The minimum Gasteiger partial charge on any atom is -0.390 e. The largest absolute Gasteiger partial charge is 0.390 e. The van der Waals surface area contributed by atoms with Crippen LogP contribution in [0.1, 0.15) is 42.1 Å². The zero-order valence-electron chi connectivity index (χ0n) is 17.0. The smallest absolute Gasteiger partial charge is 0.255 e. The first-order chi connectivity index (χ1) is 14.4. The van der Waals surface area contributed by atoms with Crippen LogP contribution in [0.15, 0.2) is 35.2 Å². The van der Waals surface area contributed by atoms with Gasteiger partial charge in [0.25, 0.3) is 5.91 Å². The van der Waals surface area contributed by atoms with Crippen molar-refractivity contribution in [3.63, 3.8) is 0 Å². The van der Waals surface area contributed by atoms with Crippen LogP contribution in [-0.4, -0.2) is 30.3 Å². The van der Waals surface area contributed by atoms with E-state index in [0.29, 0.717) is 18.4 Å². The normalized spacial score (nSPS) is 27.5. The highest BCUT2D eigenvalue weighted by atomic mass is 35.5. The molecular weight excluding hydrogens is 448 g/mol. The summed E-state index contributed by atoms with van der Waals surface area (Å²) in [4.78, 5) is 12.5. The van der Waals surface area contributed by atoms with E-state index in [4.69, 9.17) is 11.6 Å². The first-order valence-electron chi connectivity index (χ1n) is 9.94. The van der Waals surface area contributed by atoms with Gasteiger partial charge in [-0.25, -0.2) is 17.2 Å². The van der Waals surface area contributed by atoms with Crippen LogP contribution in [0.3, 0.4) is 0 Å². The predicted octanol–water partition coefficient (Wildman–Crippen LogP) is 4.50. The van der Waals surface area contributed by atoms with Gasteiger partial charge in [0.15, 0.2) is 21.5 Å². The van der Waals surface area contributed by atoms with Gasteiger partial charge in [-0.3, -0.25) is 4.79 Å². The molecule has 2 N–H and O–H groups in total. The van der Waals surface area contributed by atoms with Crippen LogP contribution in [0.4, 0.5) is 14.5 Å². The Morgan fingerprint density at radius 2 is 1.74 bits per heavy atom. The summed E-state index contributed by atoms with van der Waals surface area (Å²) in [7, 11) is -3.83. The van der Waals surface area contributed by atoms with Gasteiger partial charge < -0.3 is 10.4 Å². The van der Waals surface area contributed by atoms with Crippen LogP contribution in [-0.2, 0) is 9.84 Å². The molecule has 3 fully saturated rings. The van der Waals surface area contributed by atoms with E-state index in [1.165, 1.54) is 25.1 Å². The van der Waals surface area contributed by atoms with Gasteiger partial charge in [0.05, 0.1) is 20.8 Å². The number of rotatable bonds is 4. The fourth-order valence-corrected chi connectivity index (χ4v) is 7.07. The Hall–Kier alpha value is -2.03. The summed E-state index contributed by atoms with van der Waals surface area (Å²) in [5.74, 6) is -2.95. The van der Waals surface area contributed by atoms with Crippen molar-refractivity contribution >= 4 is 33.0 Å². The summed E-state index contributed by atoms with van der Waals surface area (Å²) in [6.07, 6.45) is 1.49. The lowest BCUT2D eigenvalue weighted by atomic mass is 9.54. The van der Waals surface area contributed by atoms with Crippen LogP contribution in [0.5, 0.6) is 0 Å². The number of carbonyl (C=O) groups is 1. The number of nitrogens with one attached hydrogen (secondary N) is 1. The predicted molar refractivity (Wildman–Crippen MR) is 113 cm³/mol. The lowest BCUT2D eigenvalue weighted by Crippen LogP contribution is -2.60. The molecule has 2 atom stereocenters. The van der Waals surface area contributed by atoms with Gasteiger partial charge in [0.1, 0.15) is 0 Å². The molecule has 2 aromatic rings. The van der Waals surface area contributed by atoms with Crippen molar-refractivity contribution in [2.24, 2.45) is 11.8 Å². The third kappa shape index (κ3) is 3.75. The van der Waals surface area contributed by atoms with Crippen LogP contribution in [0.25, 0.3) is 0 Å². The molecule has 2 aromatic carbocycles. The number of aryl methyl sites for hydroxylation is 1. The van der Waals surface area contributed by atoms with Gasteiger partial charge in [-0.05, 0) is 74.8 Å². The van der Waals surface area contributed by atoms with Crippen molar-refractivity contribution in [2.75, 3.05) is 5.32 Å². The summed E-state index contributed by atoms with van der Waals surface area (Å²) in [6.45, 7) is 3.26. The van der Waals surface area contributed by atoms with E-state index in [1.54, 1.807) is 6.92 Å². The van der Waals surface area contributed by atoms with E-state index in [0.717, 1.165) is 18.6 Å². The fraction of sp³-hybridized carbons (Fsp3) is 0.409. The average Bonchev–Trinajstić information content (AvgIpc) is 2.72. The number of amides is 1. The van der Waals surface area contributed by atoms with Crippen molar-refractivity contribution < 1.29 is 27.1 Å². The van der Waals surface area contributed by atoms with E-state index in [2.05, 4.69) is 5.32 Å². The Morgan fingerprint density at radius 1 is 1.13 bits per heavy atom. The number of fused-ring (bicyclic) bond motifs is 2. The van der Waals surface area contributed by atoms with E-state index < -0.39 is 38.2 Å². The van der Waals surface area contributed by atoms with Crippen LogP contribution in [0.2, 0.25) is 5.02 Å². The minimum atomic E-state index is -3.83. The molecule has 166 valence electrons. The molecule has 0 aliphatic heterocycles. The number of hydrogen-bond donors (Lipinski definition) is 2.